The van der Waals surface area contributed by atoms with Gasteiger partial charge in [-0.3, -0.25) is 9.59 Å². The van der Waals surface area contributed by atoms with Crippen LogP contribution in [0.15, 0.2) is 55.5 Å². The molecule has 1 amide bonds. The molecule has 0 radical (unpaired) electrons. The summed E-state index contributed by atoms with van der Waals surface area (Å²) in [4.78, 5) is 22.3. The van der Waals surface area contributed by atoms with Gasteiger partial charge >= 0.3 is 5.97 Å². The Morgan fingerprint density at radius 3 is 2.80 bits per heavy atom. The second kappa shape index (κ2) is 7.66. The molecule has 1 fully saturated rings. The molecule has 1 atom stereocenters. The zero-order chi connectivity index (χ0) is 17.8. The number of halogens is 1. The van der Waals surface area contributed by atoms with E-state index in [4.69, 9.17) is 9.52 Å². The summed E-state index contributed by atoms with van der Waals surface area (Å²) in [6.45, 7) is 0. The predicted octanol–water partition coefficient (Wildman–Crippen LogP) is 3.11. The molecular weight excluding hydrogens is 410 g/mol. The summed E-state index contributed by atoms with van der Waals surface area (Å²) in [5, 5.41) is 18.6. The SMILES string of the molecule is O=C(O)C[C@H]1S/C(=N\N=C/c2ccc(-c3ccc(Br)cc3)o2)NC1=O. The Morgan fingerprint density at radius 1 is 1.32 bits per heavy atom. The molecule has 0 unspecified atom stereocenters. The lowest BCUT2D eigenvalue weighted by atomic mass is 10.2. The number of aliphatic carboxylic acids is 1. The van der Waals surface area contributed by atoms with Crippen molar-refractivity contribution in [3.63, 3.8) is 0 Å². The standard InChI is InChI=1S/C16H12BrN3O4S/c17-10-3-1-9(2-4-10)12-6-5-11(24-12)8-18-20-16-19-15(23)13(25-16)7-14(21)22/h1-6,8,13H,7H2,(H,21,22)(H,19,20,23)/b18-8-/t13-/m1/s1. The van der Waals surface area contributed by atoms with Crippen molar-refractivity contribution in [2.24, 2.45) is 10.2 Å². The van der Waals surface area contributed by atoms with E-state index >= 15 is 0 Å². The highest BCUT2D eigenvalue weighted by atomic mass is 79.9. The van der Waals surface area contributed by atoms with E-state index in [0.29, 0.717) is 11.5 Å². The van der Waals surface area contributed by atoms with Crippen molar-refractivity contribution in [3.8, 4) is 11.3 Å². The second-order valence-electron chi connectivity index (χ2n) is 5.05. The van der Waals surface area contributed by atoms with Crippen LogP contribution in [-0.2, 0) is 9.59 Å². The first kappa shape index (κ1) is 17.4. The topological polar surface area (TPSA) is 104 Å². The lowest BCUT2D eigenvalue weighted by Gasteiger charge is -1.97. The molecule has 0 aliphatic carbocycles. The summed E-state index contributed by atoms with van der Waals surface area (Å²) in [6.07, 6.45) is 1.17. The maximum Gasteiger partial charge on any atom is 0.305 e. The van der Waals surface area contributed by atoms with Gasteiger partial charge in [0.25, 0.3) is 0 Å². The van der Waals surface area contributed by atoms with Crippen molar-refractivity contribution in [2.75, 3.05) is 0 Å². The van der Waals surface area contributed by atoms with E-state index in [0.717, 1.165) is 21.8 Å². The molecule has 9 heteroatoms. The third-order valence-corrected chi connectivity index (χ3v) is 4.83. The van der Waals surface area contributed by atoms with Gasteiger partial charge < -0.3 is 14.8 Å². The Balaban J connectivity index is 1.64. The van der Waals surface area contributed by atoms with Gasteiger partial charge in [0.15, 0.2) is 5.17 Å². The van der Waals surface area contributed by atoms with Crippen LogP contribution in [0.5, 0.6) is 0 Å². The largest absolute Gasteiger partial charge is 0.481 e. The Morgan fingerprint density at radius 2 is 2.08 bits per heavy atom. The molecule has 1 aliphatic rings. The van der Waals surface area contributed by atoms with Gasteiger partial charge in [-0.15, -0.1) is 5.10 Å². The highest BCUT2D eigenvalue weighted by Crippen LogP contribution is 2.24. The van der Waals surface area contributed by atoms with Crippen molar-refractivity contribution in [3.05, 3.63) is 46.6 Å². The number of carboxylic acids is 1. The number of thioether (sulfide) groups is 1. The molecule has 7 nitrogen and oxygen atoms in total. The summed E-state index contributed by atoms with van der Waals surface area (Å²) >= 11 is 4.43. The van der Waals surface area contributed by atoms with Gasteiger partial charge in [-0.1, -0.05) is 39.8 Å². The summed E-state index contributed by atoms with van der Waals surface area (Å²) < 4.78 is 6.65. The molecule has 0 spiro atoms. The molecule has 1 saturated heterocycles. The smallest absolute Gasteiger partial charge is 0.305 e. The average molecular weight is 422 g/mol. The number of nitrogens with zero attached hydrogens (tertiary/aromatic N) is 2. The third kappa shape index (κ3) is 4.58. The quantitative estimate of drug-likeness (QED) is 0.569. The van der Waals surface area contributed by atoms with Gasteiger partial charge in [-0.2, -0.15) is 5.10 Å². The number of amides is 1. The van der Waals surface area contributed by atoms with Crippen LogP contribution in [0, 0.1) is 0 Å². The Labute approximate surface area is 155 Å². The lowest BCUT2D eigenvalue weighted by molar-refractivity contribution is -0.138. The van der Waals surface area contributed by atoms with Crippen LogP contribution in [0.4, 0.5) is 0 Å². The monoisotopic (exact) mass is 421 g/mol. The lowest BCUT2D eigenvalue weighted by Crippen LogP contribution is -2.26. The van der Waals surface area contributed by atoms with Gasteiger partial charge in [-0.25, -0.2) is 0 Å². The number of benzene rings is 1. The van der Waals surface area contributed by atoms with E-state index in [1.165, 1.54) is 6.21 Å². The van der Waals surface area contributed by atoms with Crippen LogP contribution < -0.4 is 5.32 Å². The molecule has 2 N–H and O–H groups in total. The molecule has 2 aromatic rings. The van der Waals surface area contributed by atoms with E-state index in [9.17, 15) is 9.59 Å². The molecule has 2 heterocycles. The van der Waals surface area contributed by atoms with Crippen LogP contribution in [-0.4, -0.2) is 33.6 Å². The number of nitrogens with one attached hydrogen (secondary N) is 1. The number of carboxylic acid groups (broad SMARTS) is 1. The van der Waals surface area contributed by atoms with Crippen molar-refractivity contribution >= 4 is 51.0 Å². The van der Waals surface area contributed by atoms with Gasteiger partial charge in [0, 0.05) is 10.0 Å². The first-order valence-electron chi connectivity index (χ1n) is 7.17. The molecule has 1 aromatic heterocycles. The molecule has 25 heavy (non-hydrogen) atoms. The van der Waals surface area contributed by atoms with E-state index in [1.807, 2.05) is 30.3 Å². The van der Waals surface area contributed by atoms with Crippen LogP contribution in [0.2, 0.25) is 0 Å². The van der Waals surface area contributed by atoms with Crippen molar-refractivity contribution in [2.45, 2.75) is 11.7 Å². The fraction of sp³-hybridized carbons (Fsp3) is 0.125. The van der Waals surface area contributed by atoms with Crippen LogP contribution in [0.25, 0.3) is 11.3 Å². The van der Waals surface area contributed by atoms with Crippen molar-refractivity contribution in [1.29, 1.82) is 0 Å². The van der Waals surface area contributed by atoms with E-state index < -0.39 is 11.2 Å². The van der Waals surface area contributed by atoms with E-state index in [-0.39, 0.29) is 17.5 Å². The second-order valence-corrected chi connectivity index (χ2v) is 7.16. The molecule has 1 aliphatic heterocycles. The molecule has 0 saturated carbocycles. The summed E-state index contributed by atoms with van der Waals surface area (Å²) in [6, 6.07) is 11.3. The van der Waals surface area contributed by atoms with E-state index in [2.05, 4.69) is 31.4 Å². The van der Waals surface area contributed by atoms with Gasteiger partial charge in [0.2, 0.25) is 5.91 Å². The number of furan rings is 1. The van der Waals surface area contributed by atoms with E-state index in [1.54, 1.807) is 6.07 Å². The number of hydrogen-bond donors (Lipinski definition) is 2. The van der Waals surface area contributed by atoms with Gasteiger partial charge in [0.05, 0.1) is 12.6 Å². The fourth-order valence-corrected chi connectivity index (χ4v) is 3.25. The van der Waals surface area contributed by atoms with Crippen molar-refractivity contribution in [1.82, 2.24) is 5.32 Å². The maximum absolute atomic E-state index is 11.6. The minimum absolute atomic E-state index is 0.256. The summed E-state index contributed by atoms with van der Waals surface area (Å²) in [5.41, 5.74) is 0.935. The third-order valence-electron chi connectivity index (χ3n) is 3.23. The molecule has 3 rings (SSSR count). The van der Waals surface area contributed by atoms with Gasteiger partial charge in [-0.05, 0) is 24.3 Å². The first-order valence-corrected chi connectivity index (χ1v) is 8.84. The predicted molar refractivity (Wildman–Crippen MR) is 98.6 cm³/mol. The highest BCUT2D eigenvalue weighted by molar-refractivity contribution is 9.10. The number of carbonyl (C=O) groups excluding carboxylic acids is 1. The Hall–Kier alpha value is -2.39. The van der Waals surface area contributed by atoms with Crippen molar-refractivity contribution < 1.29 is 19.1 Å². The number of rotatable bonds is 5. The number of amidine groups is 1. The number of hydrogen-bond acceptors (Lipinski definition) is 6. The minimum Gasteiger partial charge on any atom is -0.481 e. The fourth-order valence-electron chi connectivity index (χ4n) is 2.07. The molecule has 128 valence electrons. The first-order chi connectivity index (χ1) is 12.0. The van der Waals surface area contributed by atoms with Gasteiger partial charge in [0.1, 0.15) is 16.8 Å². The Kier molecular flexibility index (Phi) is 5.34. The van der Waals surface area contributed by atoms with Crippen LogP contribution in [0.3, 0.4) is 0 Å². The normalized spacial score (nSPS) is 18.8. The van der Waals surface area contributed by atoms with Crippen LogP contribution >= 0.6 is 27.7 Å². The average Bonchev–Trinajstić information content (AvgIpc) is 3.15. The number of carbonyl (C=O) groups is 2. The zero-order valence-corrected chi connectivity index (χ0v) is 15.1. The summed E-state index contributed by atoms with van der Waals surface area (Å²) in [5.74, 6) is -0.198. The molecule has 0 bridgehead atoms. The Bertz CT molecular complexity index is 861. The molecular formula is C16H12BrN3O4S. The summed E-state index contributed by atoms with van der Waals surface area (Å²) in [7, 11) is 0. The zero-order valence-electron chi connectivity index (χ0n) is 12.7. The maximum atomic E-state index is 11.6. The van der Waals surface area contributed by atoms with Crippen LogP contribution in [0.1, 0.15) is 12.2 Å². The molecule has 1 aromatic carbocycles. The highest BCUT2D eigenvalue weighted by Gasteiger charge is 2.32. The minimum atomic E-state index is -1.03.